The van der Waals surface area contributed by atoms with Gasteiger partial charge in [-0.2, -0.15) is 0 Å². The molecule has 21 heavy (non-hydrogen) atoms. The summed E-state index contributed by atoms with van der Waals surface area (Å²) in [7, 11) is 3.55. The maximum absolute atomic E-state index is 5.73. The molecule has 6 nitrogen and oxygen atoms in total. The zero-order valence-corrected chi connectivity index (χ0v) is 13.2. The largest absolute Gasteiger partial charge is 0.490 e. The van der Waals surface area contributed by atoms with Crippen LogP contribution in [-0.4, -0.2) is 37.5 Å². The number of aromatic nitrogens is 2. The highest BCUT2D eigenvalue weighted by molar-refractivity contribution is 7.15. The van der Waals surface area contributed by atoms with Crippen LogP contribution in [-0.2, 0) is 4.74 Å². The lowest BCUT2D eigenvalue weighted by atomic mass is 10.3. The average Bonchev–Trinajstić information content (AvgIpc) is 2.97. The van der Waals surface area contributed by atoms with Crippen molar-refractivity contribution < 1.29 is 9.47 Å². The summed E-state index contributed by atoms with van der Waals surface area (Å²) in [4.78, 5) is 0. The van der Waals surface area contributed by atoms with Crippen molar-refractivity contribution in [2.24, 2.45) is 0 Å². The lowest BCUT2D eigenvalue weighted by Crippen LogP contribution is -2.16. The summed E-state index contributed by atoms with van der Waals surface area (Å²) in [5.74, 6) is 0.796. The Kier molecular flexibility index (Phi) is 5.91. The van der Waals surface area contributed by atoms with Crippen LogP contribution in [0.3, 0.4) is 0 Å². The summed E-state index contributed by atoms with van der Waals surface area (Å²) in [5.41, 5.74) is 0.876. The van der Waals surface area contributed by atoms with Crippen molar-refractivity contribution >= 4 is 22.2 Å². The van der Waals surface area contributed by atoms with Crippen LogP contribution in [0.4, 0.5) is 10.8 Å². The Morgan fingerprint density at radius 1 is 1.29 bits per heavy atom. The number of nitrogens with one attached hydrogen (secondary N) is 2. The van der Waals surface area contributed by atoms with Crippen LogP contribution in [0.2, 0.25) is 0 Å². The maximum atomic E-state index is 5.73. The molecular formula is C14H20N4O2S. The molecule has 0 saturated carbocycles. The molecule has 0 bridgehead atoms. The highest BCUT2D eigenvalue weighted by Gasteiger charge is 2.12. The minimum absolute atomic E-state index is 0.0554. The molecule has 0 amide bonds. The lowest BCUT2D eigenvalue weighted by Gasteiger charge is -2.11. The summed E-state index contributed by atoms with van der Waals surface area (Å²) in [6.45, 7) is 3.35. The monoisotopic (exact) mass is 308 g/mol. The second-order valence-electron chi connectivity index (χ2n) is 4.40. The quantitative estimate of drug-likeness (QED) is 0.731. The lowest BCUT2D eigenvalue weighted by molar-refractivity contribution is 0.118. The second-order valence-corrected chi connectivity index (χ2v) is 5.41. The van der Waals surface area contributed by atoms with E-state index in [-0.39, 0.29) is 6.10 Å². The molecule has 1 aromatic heterocycles. The van der Waals surface area contributed by atoms with Crippen LogP contribution >= 0.6 is 11.3 Å². The molecule has 2 N–H and O–H groups in total. The van der Waals surface area contributed by atoms with Crippen molar-refractivity contribution in [3.63, 3.8) is 0 Å². The first-order chi connectivity index (χ1) is 10.2. The number of rotatable bonds is 8. The van der Waals surface area contributed by atoms with Crippen molar-refractivity contribution in [1.82, 2.24) is 15.5 Å². The first-order valence-corrected chi connectivity index (χ1v) is 7.56. The van der Waals surface area contributed by atoms with Gasteiger partial charge in [0.15, 0.2) is 0 Å². The van der Waals surface area contributed by atoms with Crippen molar-refractivity contribution in [1.29, 1.82) is 0 Å². The summed E-state index contributed by atoms with van der Waals surface area (Å²) in [5, 5.41) is 16.1. The highest BCUT2D eigenvalue weighted by atomic mass is 32.1. The van der Waals surface area contributed by atoms with Gasteiger partial charge in [0.25, 0.3) is 0 Å². The Morgan fingerprint density at radius 2 is 2.10 bits per heavy atom. The van der Waals surface area contributed by atoms with E-state index >= 15 is 0 Å². The molecule has 1 atom stereocenters. The van der Waals surface area contributed by atoms with Crippen LogP contribution in [0, 0.1) is 0 Å². The normalized spacial score (nSPS) is 12.1. The highest BCUT2D eigenvalue weighted by Crippen LogP contribution is 2.30. The van der Waals surface area contributed by atoms with E-state index in [9.17, 15) is 0 Å². The molecule has 1 unspecified atom stereocenters. The Morgan fingerprint density at radius 3 is 2.86 bits per heavy atom. The molecule has 0 radical (unpaired) electrons. The van der Waals surface area contributed by atoms with E-state index in [1.807, 2.05) is 38.2 Å². The van der Waals surface area contributed by atoms with Gasteiger partial charge < -0.3 is 20.1 Å². The Bertz CT molecular complexity index is 561. The van der Waals surface area contributed by atoms with E-state index in [0.29, 0.717) is 6.61 Å². The minimum atomic E-state index is -0.0554. The van der Waals surface area contributed by atoms with Crippen LogP contribution in [0.25, 0.3) is 0 Å². The number of benzene rings is 1. The predicted octanol–water partition coefficient (Wildman–Crippen LogP) is 2.59. The number of likely N-dealkylation sites (N-methyl/N-ethyl adjacent to an activating group) is 1. The summed E-state index contributed by atoms with van der Waals surface area (Å²) < 4.78 is 11.0. The molecular weight excluding hydrogens is 288 g/mol. The number of nitrogens with zero attached hydrogens (tertiary/aromatic N) is 2. The Hall–Kier alpha value is -1.70. The van der Waals surface area contributed by atoms with E-state index in [1.165, 1.54) is 11.3 Å². The molecule has 0 aliphatic carbocycles. The van der Waals surface area contributed by atoms with Gasteiger partial charge in [-0.3, -0.25) is 0 Å². The minimum Gasteiger partial charge on any atom is -0.490 e. The third-order valence-corrected chi connectivity index (χ3v) is 3.88. The standard InChI is InChI=1S/C14H20N4O2S/c1-10(19-3)13-17-18-14(21-13)16-11-6-4-5-7-12(11)20-9-8-15-2/h4-7,10,15H,8-9H2,1-3H3,(H,16,18). The number of ether oxygens (including phenoxy) is 2. The predicted molar refractivity (Wildman–Crippen MR) is 84.5 cm³/mol. The van der Waals surface area contributed by atoms with Crippen LogP contribution < -0.4 is 15.4 Å². The number of hydrogen-bond acceptors (Lipinski definition) is 7. The fourth-order valence-corrected chi connectivity index (χ4v) is 2.41. The van der Waals surface area contributed by atoms with Crippen LogP contribution in [0.15, 0.2) is 24.3 Å². The van der Waals surface area contributed by atoms with E-state index < -0.39 is 0 Å². The molecule has 114 valence electrons. The Balaban J connectivity index is 2.06. The summed E-state index contributed by atoms with van der Waals surface area (Å²) in [6, 6.07) is 7.78. The van der Waals surface area contributed by atoms with Gasteiger partial charge in [0, 0.05) is 13.7 Å². The van der Waals surface area contributed by atoms with Crippen molar-refractivity contribution in [3.8, 4) is 5.75 Å². The molecule has 2 aromatic rings. The van der Waals surface area contributed by atoms with Gasteiger partial charge in [-0.25, -0.2) is 0 Å². The smallest absolute Gasteiger partial charge is 0.210 e. The fraction of sp³-hybridized carbons (Fsp3) is 0.429. The molecule has 0 saturated heterocycles. The topological polar surface area (TPSA) is 68.3 Å². The van der Waals surface area contributed by atoms with Crippen molar-refractivity contribution in [2.45, 2.75) is 13.0 Å². The van der Waals surface area contributed by atoms with Gasteiger partial charge >= 0.3 is 0 Å². The Labute approximate surface area is 128 Å². The zero-order valence-electron chi connectivity index (χ0n) is 12.4. The summed E-state index contributed by atoms with van der Waals surface area (Å²) in [6.07, 6.45) is -0.0554. The van der Waals surface area contributed by atoms with Crippen molar-refractivity contribution in [2.75, 3.05) is 32.6 Å². The van der Waals surface area contributed by atoms with Crippen LogP contribution in [0.1, 0.15) is 18.0 Å². The fourth-order valence-electron chi connectivity index (χ4n) is 1.62. The molecule has 0 aliphatic rings. The van der Waals surface area contributed by atoms with Gasteiger partial charge in [0.05, 0.1) is 5.69 Å². The number of methoxy groups -OCH3 is 1. The summed E-state index contributed by atoms with van der Waals surface area (Å²) >= 11 is 1.47. The maximum Gasteiger partial charge on any atom is 0.210 e. The third kappa shape index (κ3) is 4.38. The van der Waals surface area contributed by atoms with Crippen molar-refractivity contribution in [3.05, 3.63) is 29.3 Å². The molecule has 1 aromatic carbocycles. The second kappa shape index (κ2) is 7.92. The number of hydrogen-bond donors (Lipinski definition) is 2. The first-order valence-electron chi connectivity index (χ1n) is 6.74. The average molecular weight is 308 g/mol. The number of anilines is 2. The SMILES string of the molecule is CNCCOc1ccccc1Nc1nnc(C(C)OC)s1. The third-order valence-electron chi connectivity index (χ3n) is 2.88. The van der Waals surface area contributed by atoms with Gasteiger partial charge in [-0.15, -0.1) is 10.2 Å². The van der Waals surface area contributed by atoms with E-state index in [4.69, 9.17) is 9.47 Å². The van der Waals surface area contributed by atoms with Gasteiger partial charge in [-0.05, 0) is 26.1 Å². The molecule has 0 aliphatic heterocycles. The van der Waals surface area contributed by atoms with E-state index in [0.717, 1.165) is 28.1 Å². The van der Waals surface area contributed by atoms with E-state index in [1.54, 1.807) is 7.11 Å². The molecule has 2 rings (SSSR count). The van der Waals surface area contributed by atoms with Gasteiger partial charge in [-0.1, -0.05) is 23.5 Å². The molecule has 1 heterocycles. The molecule has 0 spiro atoms. The van der Waals surface area contributed by atoms with E-state index in [2.05, 4.69) is 20.8 Å². The first kappa shape index (κ1) is 15.7. The van der Waals surface area contributed by atoms with Crippen LogP contribution in [0.5, 0.6) is 5.75 Å². The molecule has 0 fully saturated rings. The van der Waals surface area contributed by atoms with Gasteiger partial charge in [0.1, 0.15) is 23.5 Å². The zero-order chi connectivity index (χ0) is 15.1. The number of para-hydroxylation sites is 2. The molecule has 7 heteroatoms. The van der Waals surface area contributed by atoms with Gasteiger partial charge in [0.2, 0.25) is 5.13 Å².